The summed E-state index contributed by atoms with van der Waals surface area (Å²) in [5.74, 6) is 0. The minimum absolute atomic E-state index is 0.253. The Balaban J connectivity index is 4.21. The molecular weight excluding hydrogens is 170 g/mol. The van der Waals surface area contributed by atoms with Crippen LogP contribution in [-0.2, 0) is 0 Å². The number of rotatable bonds is 2. The van der Waals surface area contributed by atoms with E-state index < -0.39 is 0 Å². The smallest absolute Gasteiger partial charge is 0.0763 e. The third-order valence-corrected chi connectivity index (χ3v) is 1.92. The second-order valence-electron chi connectivity index (χ2n) is 4.93. The van der Waals surface area contributed by atoms with Crippen molar-refractivity contribution < 1.29 is 0 Å². The van der Waals surface area contributed by atoms with E-state index in [-0.39, 0.29) is 10.3 Å². The van der Waals surface area contributed by atoms with E-state index in [0.29, 0.717) is 0 Å². The van der Waals surface area contributed by atoms with Gasteiger partial charge in [-0.3, -0.25) is 4.99 Å². The molecule has 0 aliphatic heterocycles. The number of hydrogen-bond donors (Lipinski definition) is 0. The van der Waals surface area contributed by atoms with Crippen molar-refractivity contribution in [3.63, 3.8) is 0 Å². The highest BCUT2D eigenvalue weighted by Gasteiger charge is 2.18. The van der Waals surface area contributed by atoms with Crippen LogP contribution in [0.2, 0.25) is 0 Å². The third-order valence-electron chi connectivity index (χ3n) is 1.65. The van der Waals surface area contributed by atoms with Gasteiger partial charge >= 0.3 is 0 Å². The first-order valence-corrected chi connectivity index (χ1v) is 4.71. The Morgan fingerprint density at radius 2 is 1.58 bits per heavy atom. The summed E-state index contributed by atoms with van der Waals surface area (Å²) in [4.78, 5) is 4.15. The van der Waals surface area contributed by atoms with Gasteiger partial charge in [0.25, 0.3) is 0 Å². The number of nitrogens with zero attached hydrogens (tertiary/aromatic N) is 1. The van der Waals surface area contributed by atoms with Crippen molar-refractivity contribution in [3.8, 4) is 0 Å². The molecule has 0 heterocycles. The largest absolute Gasteiger partial charge is 0.292 e. The molecule has 0 saturated carbocycles. The van der Waals surface area contributed by atoms with Gasteiger partial charge in [0.1, 0.15) is 0 Å². The summed E-state index contributed by atoms with van der Waals surface area (Å²) in [6.07, 6.45) is 0. The zero-order chi connectivity index (χ0) is 9.99. The molecule has 0 aromatic carbocycles. The maximum Gasteiger partial charge on any atom is 0.0763 e. The number of halogens is 1. The molecule has 0 atom stereocenters. The SMILES string of the molecule is CC(=NCC(C)(C)C)C(C)(C)Cl. The Kier molecular flexibility index (Phi) is 3.77. The van der Waals surface area contributed by atoms with Gasteiger partial charge in [-0.1, -0.05) is 20.8 Å². The van der Waals surface area contributed by atoms with Gasteiger partial charge in [0.05, 0.1) is 4.87 Å². The van der Waals surface area contributed by atoms with Crippen LogP contribution in [0.1, 0.15) is 41.5 Å². The normalized spacial score (nSPS) is 15.1. The van der Waals surface area contributed by atoms with E-state index in [9.17, 15) is 0 Å². The minimum atomic E-state index is -0.300. The Hall–Kier alpha value is -0.0400. The summed E-state index contributed by atoms with van der Waals surface area (Å²) in [7, 11) is 0. The summed E-state index contributed by atoms with van der Waals surface area (Å²) in [6.45, 7) is 13.3. The molecule has 0 spiro atoms. The first-order valence-electron chi connectivity index (χ1n) is 4.33. The quantitative estimate of drug-likeness (QED) is 0.466. The van der Waals surface area contributed by atoms with Crippen LogP contribution in [0.25, 0.3) is 0 Å². The van der Waals surface area contributed by atoms with Crippen molar-refractivity contribution in [3.05, 3.63) is 0 Å². The molecule has 0 aromatic heterocycles. The molecule has 12 heavy (non-hydrogen) atoms. The van der Waals surface area contributed by atoms with Crippen LogP contribution in [0.3, 0.4) is 0 Å². The fraction of sp³-hybridized carbons (Fsp3) is 0.900. The molecule has 0 unspecified atom stereocenters. The van der Waals surface area contributed by atoms with Gasteiger partial charge in [-0.15, -0.1) is 11.6 Å². The third kappa shape index (κ3) is 5.59. The first kappa shape index (κ1) is 12.0. The van der Waals surface area contributed by atoms with Gasteiger partial charge in [-0.25, -0.2) is 0 Å². The maximum absolute atomic E-state index is 6.08. The van der Waals surface area contributed by atoms with Crippen molar-refractivity contribution >= 4 is 17.3 Å². The van der Waals surface area contributed by atoms with Crippen LogP contribution in [-0.4, -0.2) is 17.1 Å². The van der Waals surface area contributed by atoms with E-state index in [2.05, 4.69) is 25.8 Å². The average Bonchev–Trinajstić information content (AvgIpc) is 1.78. The van der Waals surface area contributed by atoms with Crippen molar-refractivity contribution in [1.82, 2.24) is 0 Å². The van der Waals surface area contributed by atoms with Gasteiger partial charge < -0.3 is 0 Å². The van der Waals surface area contributed by atoms with E-state index in [1.807, 2.05) is 20.8 Å². The molecule has 1 nitrogen and oxygen atoms in total. The van der Waals surface area contributed by atoms with E-state index in [1.165, 1.54) is 0 Å². The first-order chi connectivity index (χ1) is 5.13. The van der Waals surface area contributed by atoms with Crippen LogP contribution in [0.15, 0.2) is 4.99 Å². The predicted octanol–water partition coefficient (Wildman–Crippen LogP) is 3.51. The maximum atomic E-state index is 6.08. The zero-order valence-corrected chi connectivity index (χ0v) is 9.79. The van der Waals surface area contributed by atoms with Gasteiger partial charge in [-0.05, 0) is 26.2 Å². The van der Waals surface area contributed by atoms with Crippen LogP contribution >= 0.6 is 11.6 Å². The predicted molar refractivity (Wildman–Crippen MR) is 57.4 cm³/mol. The lowest BCUT2D eigenvalue weighted by Gasteiger charge is -2.19. The highest BCUT2D eigenvalue weighted by molar-refractivity contribution is 6.35. The van der Waals surface area contributed by atoms with Crippen molar-refractivity contribution in [2.45, 2.75) is 46.4 Å². The van der Waals surface area contributed by atoms with Gasteiger partial charge in [0.15, 0.2) is 0 Å². The average molecular weight is 190 g/mol. The lowest BCUT2D eigenvalue weighted by molar-refractivity contribution is 0.429. The fourth-order valence-corrected chi connectivity index (χ4v) is 0.604. The Morgan fingerprint density at radius 1 is 1.17 bits per heavy atom. The molecule has 72 valence electrons. The van der Waals surface area contributed by atoms with E-state index in [0.717, 1.165) is 12.3 Å². The molecule has 0 aromatic rings. The second kappa shape index (κ2) is 3.78. The minimum Gasteiger partial charge on any atom is -0.292 e. The van der Waals surface area contributed by atoms with Crippen LogP contribution in [0, 0.1) is 5.41 Å². The summed E-state index contributed by atoms with van der Waals surface area (Å²) in [5, 5.41) is 0. The molecule has 0 radical (unpaired) electrons. The van der Waals surface area contributed by atoms with Crippen molar-refractivity contribution in [1.29, 1.82) is 0 Å². The van der Waals surface area contributed by atoms with Crippen molar-refractivity contribution in [2.75, 3.05) is 6.54 Å². The van der Waals surface area contributed by atoms with Gasteiger partial charge in [0.2, 0.25) is 0 Å². The van der Waals surface area contributed by atoms with Gasteiger partial charge in [0, 0.05) is 12.3 Å². The molecule has 0 bridgehead atoms. The van der Waals surface area contributed by atoms with Crippen LogP contribution in [0.5, 0.6) is 0 Å². The molecule has 0 amide bonds. The molecule has 0 aliphatic rings. The lowest BCUT2D eigenvalue weighted by atomic mass is 9.97. The Bertz CT molecular complexity index is 169. The molecule has 0 fully saturated rings. The highest BCUT2D eigenvalue weighted by atomic mass is 35.5. The van der Waals surface area contributed by atoms with Gasteiger partial charge in [-0.2, -0.15) is 0 Å². The summed E-state index contributed by atoms with van der Waals surface area (Å²) < 4.78 is 0. The number of aliphatic imine (C=N–C) groups is 1. The van der Waals surface area contributed by atoms with Crippen LogP contribution < -0.4 is 0 Å². The van der Waals surface area contributed by atoms with E-state index in [1.54, 1.807) is 0 Å². The fourth-order valence-electron chi connectivity index (χ4n) is 0.544. The molecule has 2 heteroatoms. The molecule has 0 aliphatic carbocycles. The highest BCUT2D eigenvalue weighted by Crippen LogP contribution is 2.18. The lowest BCUT2D eigenvalue weighted by Crippen LogP contribution is -2.23. The topological polar surface area (TPSA) is 12.4 Å². The zero-order valence-electron chi connectivity index (χ0n) is 9.03. The molecular formula is C10H20ClN. The van der Waals surface area contributed by atoms with E-state index >= 15 is 0 Å². The number of hydrogen-bond acceptors (Lipinski definition) is 1. The van der Waals surface area contributed by atoms with Crippen LogP contribution in [0.4, 0.5) is 0 Å². The molecule has 0 rings (SSSR count). The number of alkyl halides is 1. The second-order valence-corrected chi connectivity index (χ2v) is 5.88. The Morgan fingerprint density at radius 3 is 1.83 bits per heavy atom. The monoisotopic (exact) mass is 189 g/mol. The van der Waals surface area contributed by atoms with E-state index in [4.69, 9.17) is 11.6 Å². The Labute approximate surface area is 81.2 Å². The van der Waals surface area contributed by atoms with Crippen molar-refractivity contribution in [2.24, 2.45) is 10.4 Å². The standard InChI is InChI=1S/C10H20ClN/c1-8(10(5,6)11)12-7-9(2,3)4/h7H2,1-6H3. The summed E-state index contributed by atoms with van der Waals surface area (Å²) >= 11 is 6.08. The molecule has 0 saturated heterocycles. The molecule has 0 N–H and O–H groups in total. The summed E-state index contributed by atoms with van der Waals surface area (Å²) in [6, 6.07) is 0. The summed E-state index contributed by atoms with van der Waals surface area (Å²) in [5.41, 5.74) is 1.27.